The van der Waals surface area contributed by atoms with Crippen molar-refractivity contribution in [3.8, 4) is 0 Å². The zero-order chi connectivity index (χ0) is 7.11. The standard InChI is InChI=1S/C2H4O3.C2H4O2/c1-2-4-5-3-1;1-2(3)4/h1-2H2;1H3,(H,3,4). The van der Waals surface area contributed by atoms with E-state index in [0.717, 1.165) is 6.92 Å². The lowest BCUT2D eigenvalue weighted by Gasteiger charge is -1.75. The molecule has 0 atom stereocenters. The van der Waals surface area contributed by atoms with E-state index in [-0.39, 0.29) is 0 Å². The van der Waals surface area contributed by atoms with Crippen molar-refractivity contribution in [2.45, 2.75) is 6.92 Å². The number of carbonyl (C=O) groups is 1. The van der Waals surface area contributed by atoms with Gasteiger partial charge in [-0.25, -0.2) is 9.78 Å². The molecular formula is C4H8O5. The molecule has 0 radical (unpaired) electrons. The largest absolute Gasteiger partial charge is 0.481 e. The SMILES string of the molecule is C1COOO1.CC(=O)O. The van der Waals surface area contributed by atoms with Crippen LogP contribution in [0.2, 0.25) is 0 Å². The molecule has 0 saturated carbocycles. The van der Waals surface area contributed by atoms with Crippen molar-refractivity contribution in [2.24, 2.45) is 0 Å². The Balaban J connectivity index is 0.000000148. The molecule has 0 aromatic rings. The summed E-state index contributed by atoms with van der Waals surface area (Å²) in [6.07, 6.45) is 0. The number of carboxylic acid groups (broad SMARTS) is 1. The molecule has 1 heterocycles. The van der Waals surface area contributed by atoms with Crippen molar-refractivity contribution >= 4 is 5.97 Å². The Labute approximate surface area is 52.0 Å². The maximum absolute atomic E-state index is 9.00. The van der Waals surface area contributed by atoms with Gasteiger partial charge in [0, 0.05) is 6.92 Å². The summed E-state index contributed by atoms with van der Waals surface area (Å²) >= 11 is 0. The molecule has 5 nitrogen and oxygen atoms in total. The highest BCUT2D eigenvalue weighted by atomic mass is 17.5. The maximum Gasteiger partial charge on any atom is 0.300 e. The average molecular weight is 136 g/mol. The van der Waals surface area contributed by atoms with E-state index in [1.165, 1.54) is 0 Å². The molecule has 0 unspecified atom stereocenters. The summed E-state index contributed by atoms with van der Waals surface area (Å²) in [7, 11) is 0. The number of rotatable bonds is 0. The monoisotopic (exact) mass is 136 g/mol. The van der Waals surface area contributed by atoms with Crippen LogP contribution in [0.5, 0.6) is 0 Å². The van der Waals surface area contributed by atoms with Gasteiger partial charge >= 0.3 is 0 Å². The number of hydrogen-bond acceptors (Lipinski definition) is 4. The first-order valence-electron chi connectivity index (χ1n) is 2.34. The molecule has 0 amide bonds. The van der Waals surface area contributed by atoms with Gasteiger partial charge in [-0.1, -0.05) is 5.04 Å². The zero-order valence-electron chi connectivity index (χ0n) is 4.99. The van der Waals surface area contributed by atoms with Gasteiger partial charge in [0.1, 0.15) is 13.2 Å². The fourth-order valence-corrected chi connectivity index (χ4v) is 0.170. The molecule has 1 N–H and O–H groups in total. The van der Waals surface area contributed by atoms with Crippen LogP contribution in [-0.4, -0.2) is 24.3 Å². The second-order valence-corrected chi connectivity index (χ2v) is 1.23. The predicted molar refractivity (Wildman–Crippen MR) is 26.3 cm³/mol. The van der Waals surface area contributed by atoms with E-state index < -0.39 is 5.97 Å². The van der Waals surface area contributed by atoms with Gasteiger partial charge in [-0.05, 0) is 0 Å². The molecule has 0 aromatic heterocycles. The van der Waals surface area contributed by atoms with Gasteiger partial charge in [0.15, 0.2) is 0 Å². The maximum atomic E-state index is 9.00. The van der Waals surface area contributed by atoms with Crippen LogP contribution in [0.15, 0.2) is 0 Å². The summed E-state index contributed by atoms with van der Waals surface area (Å²) in [5, 5.41) is 11.4. The van der Waals surface area contributed by atoms with Gasteiger partial charge in [0.05, 0.1) is 0 Å². The van der Waals surface area contributed by atoms with Crippen molar-refractivity contribution < 1.29 is 24.7 Å². The third kappa shape index (κ3) is 11.1. The second-order valence-electron chi connectivity index (χ2n) is 1.23. The van der Waals surface area contributed by atoms with Crippen molar-refractivity contribution in [1.82, 2.24) is 0 Å². The van der Waals surface area contributed by atoms with Crippen molar-refractivity contribution in [3.63, 3.8) is 0 Å². The fraction of sp³-hybridized carbons (Fsp3) is 0.750. The van der Waals surface area contributed by atoms with E-state index >= 15 is 0 Å². The van der Waals surface area contributed by atoms with Gasteiger partial charge in [-0.15, -0.1) is 0 Å². The summed E-state index contributed by atoms with van der Waals surface area (Å²) in [4.78, 5) is 17.4. The number of hydrogen-bond donors (Lipinski definition) is 1. The van der Waals surface area contributed by atoms with Crippen LogP contribution < -0.4 is 0 Å². The normalized spacial score (nSPS) is 16.1. The van der Waals surface area contributed by atoms with Crippen molar-refractivity contribution in [3.05, 3.63) is 0 Å². The summed E-state index contributed by atoms with van der Waals surface area (Å²) in [6, 6.07) is 0. The molecule has 54 valence electrons. The first-order valence-corrected chi connectivity index (χ1v) is 2.34. The lowest BCUT2D eigenvalue weighted by Crippen LogP contribution is -1.79. The molecule has 0 aliphatic carbocycles. The van der Waals surface area contributed by atoms with E-state index in [1.54, 1.807) is 0 Å². The quantitative estimate of drug-likeness (QED) is 0.474. The van der Waals surface area contributed by atoms with E-state index in [1.807, 2.05) is 0 Å². The predicted octanol–water partition coefficient (Wildman–Crippen LogP) is -0.0293. The van der Waals surface area contributed by atoms with Gasteiger partial charge in [0.25, 0.3) is 5.97 Å². The Morgan fingerprint density at radius 3 is 1.89 bits per heavy atom. The highest BCUT2D eigenvalue weighted by Gasteiger charge is 1.96. The minimum Gasteiger partial charge on any atom is -0.481 e. The third-order valence-corrected chi connectivity index (χ3v) is 0.346. The number of aliphatic carboxylic acids is 1. The molecule has 1 aliphatic rings. The minimum absolute atomic E-state index is 0.556. The van der Waals surface area contributed by atoms with Gasteiger partial charge < -0.3 is 5.11 Å². The fourth-order valence-electron chi connectivity index (χ4n) is 0.170. The Morgan fingerprint density at radius 1 is 1.44 bits per heavy atom. The van der Waals surface area contributed by atoms with E-state index in [0.29, 0.717) is 13.2 Å². The third-order valence-electron chi connectivity index (χ3n) is 0.346. The van der Waals surface area contributed by atoms with Crippen LogP contribution in [0, 0.1) is 0 Å². The summed E-state index contributed by atoms with van der Waals surface area (Å²) < 4.78 is 0. The lowest BCUT2D eigenvalue weighted by molar-refractivity contribution is -0.452. The molecule has 0 spiro atoms. The molecule has 1 saturated heterocycles. The van der Waals surface area contributed by atoms with Crippen LogP contribution in [0.3, 0.4) is 0 Å². The average Bonchev–Trinajstić information content (AvgIpc) is 2.11. The first-order chi connectivity index (χ1) is 4.23. The summed E-state index contributed by atoms with van der Waals surface area (Å²) in [6.45, 7) is 2.19. The minimum atomic E-state index is -0.833. The van der Waals surface area contributed by atoms with Crippen LogP contribution in [0.1, 0.15) is 6.92 Å². The summed E-state index contributed by atoms with van der Waals surface area (Å²) in [5.41, 5.74) is 0. The van der Waals surface area contributed by atoms with E-state index in [4.69, 9.17) is 9.90 Å². The molecule has 1 rings (SSSR count). The second kappa shape index (κ2) is 5.49. The molecular weight excluding hydrogens is 128 g/mol. The van der Waals surface area contributed by atoms with Crippen LogP contribution >= 0.6 is 0 Å². The molecule has 1 fully saturated rings. The Bertz CT molecular complexity index is 65.4. The summed E-state index contributed by atoms with van der Waals surface area (Å²) in [5.74, 6) is -0.833. The van der Waals surface area contributed by atoms with Gasteiger partial charge in [0.2, 0.25) is 0 Å². The Morgan fingerprint density at radius 2 is 1.78 bits per heavy atom. The molecule has 9 heavy (non-hydrogen) atoms. The molecule has 5 heteroatoms. The highest BCUT2D eigenvalue weighted by Crippen LogP contribution is 1.88. The van der Waals surface area contributed by atoms with Crippen molar-refractivity contribution in [2.75, 3.05) is 13.2 Å². The Hall–Kier alpha value is -0.650. The topological polar surface area (TPSA) is 65.0 Å². The van der Waals surface area contributed by atoms with Gasteiger partial charge in [-0.2, -0.15) is 0 Å². The van der Waals surface area contributed by atoms with Crippen LogP contribution in [0.4, 0.5) is 0 Å². The van der Waals surface area contributed by atoms with Crippen LogP contribution in [-0.2, 0) is 19.6 Å². The smallest absolute Gasteiger partial charge is 0.300 e. The van der Waals surface area contributed by atoms with Gasteiger partial charge in [-0.3, -0.25) is 4.79 Å². The molecule has 1 aliphatic heterocycles. The van der Waals surface area contributed by atoms with E-state index in [9.17, 15) is 0 Å². The molecule has 0 aromatic carbocycles. The van der Waals surface area contributed by atoms with E-state index in [2.05, 4.69) is 14.8 Å². The highest BCUT2D eigenvalue weighted by molar-refractivity contribution is 5.62. The zero-order valence-corrected chi connectivity index (χ0v) is 4.99. The van der Waals surface area contributed by atoms with Crippen LogP contribution in [0.25, 0.3) is 0 Å². The Kier molecular flexibility index (Phi) is 5.09. The first kappa shape index (κ1) is 8.35. The van der Waals surface area contributed by atoms with Crippen molar-refractivity contribution in [1.29, 1.82) is 0 Å². The lowest BCUT2D eigenvalue weighted by atomic mass is 10.8. The molecule has 0 bridgehead atoms. The number of carboxylic acids is 1.